The van der Waals surface area contributed by atoms with Crippen molar-refractivity contribution >= 4 is 29.4 Å². The summed E-state index contributed by atoms with van der Waals surface area (Å²) >= 11 is 5.82. The number of benzene rings is 2. The summed E-state index contributed by atoms with van der Waals surface area (Å²) in [6.07, 6.45) is -0.968. The van der Waals surface area contributed by atoms with Gasteiger partial charge in [-0.15, -0.1) is 0 Å². The van der Waals surface area contributed by atoms with Gasteiger partial charge in [-0.05, 0) is 43.7 Å². The molecule has 0 spiro atoms. The van der Waals surface area contributed by atoms with Gasteiger partial charge < -0.3 is 15.4 Å². The predicted octanol–water partition coefficient (Wildman–Crippen LogP) is 3.10. The Bertz CT molecular complexity index is 809. The van der Waals surface area contributed by atoms with Gasteiger partial charge in [-0.3, -0.25) is 14.4 Å². The summed E-state index contributed by atoms with van der Waals surface area (Å²) in [7, 11) is 0. The topological polar surface area (TPSA) is 84.5 Å². The fourth-order valence-corrected chi connectivity index (χ4v) is 2.56. The second kappa shape index (κ2) is 10.5. The number of amides is 2. The number of nitrogens with one attached hydrogen (secondary N) is 2. The van der Waals surface area contributed by atoms with Gasteiger partial charge in [0.05, 0.1) is 6.42 Å². The van der Waals surface area contributed by atoms with E-state index < -0.39 is 24.0 Å². The van der Waals surface area contributed by atoms with Crippen LogP contribution in [0.2, 0.25) is 5.02 Å². The molecule has 0 fully saturated rings. The maximum atomic E-state index is 12.1. The average molecular weight is 403 g/mol. The smallest absolute Gasteiger partial charge is 0.308 e. The van der Waals surface area contributed by atoms with E-state index in [4.69, 9.17) is 16.3 Å². The molecule has 7 heteroatoms. The van der Waals surface area contributed by atoms with Gasteiger partial charge in [-0.1, -0.05) is 41.9 Å². The van der Waals surface area contributed by atoms with Gasteiger partial charge in [0.2, 0.25) is 0 Å². The van der Waals surface area contributed by atoms with Crippen molar-refractivity contribution in [1.29, 1.82) is 0 Å². The van der Waals surface area contributed by atoms with Crippen LogP contribution in [0.3, 0.4) is 0 Å². The molecule has 0 aliphatic carbocycles. The van der Waals surface area contributed by atoms with E-state index >= 15 is 0 Å². The molecule has 2 N–H and O–H groups in total. The second-order valence-electron chi connectivity index (χ2n) is 6.42. The number of hydrogen-bond acceptors (Lipinski definition) is 4. The van der Waals surface area contributed by atoms with Crippen LogP contribution in [0.4, 0.5) is 0 Å². The number of ether oxygens (including phenoxy) is 1. The Hall–Kier alpha value is -2.86. The third-order valence-electron chi connectivity index (χ3n) is 3.94. The molecule has 0 heterocycles. The fraction of sp³-hybridized carbons (Fsp3) is 0.286. The minimum Gasteiger partial charge on any atom is -0.452 e. The third-order valence-corrected chi connectivity index (χ3v) is 4.20. The van der Waals surface area contributed by atoms with Crippen molar-refractivity contribution in [3.8, 4) is 0 Å². The summed E-state index contributed by atoms with van der Waals surface area (Å²) < 4.78 is 5.15. The molecule has 2 unspecified atom stereocenters. The van der Waals surface area contributed by atoms with Crippen molar-refractivity contribution in [2.24, 2.45) is 0 Å². The van der Waals surface area contributed by atoms with Gasteiger partial charge in [0, 0.05) is 23.2 Å². The number of carbonyl (C=O) groups excluding carboxylic acids is 3. The molecular formula is C21H23ClN2O4. The largest absolute Gasteiger partial charge is 0.452 e. The highest BCUT2D eigenvalue weighted by Crippen LogP contribution is 2.09. The molecule has 6 nitrogen and oxygen atoms in total. The number of hydrogen-bond donors (Lipinski definition) is 2. The molecule has 0 saturated carbocycles. The molecule has 0 aliphatic rings. The van der Waals surface area contributed by atoms with Crippen molar-refractivity contribution in [2.45, 2.75) is 39.0 Å². The molecule has 0 saturated heterocycles. The minimum atomic E-state index is -0.933. The van der Waals surface area contributed by atoms with E-state index in [-0.39, 0.29) is 12.3 Å². The number of rotatable bonds is 8. The molecule has 2 amide bonds. The summed E-state index contributed by atoms with van der Waals surface area (Å²) in [5.74, 6) is -1.23. The van der Waals surface area contributed by atoms with Crippen LogP contribution in [0, 0.1) is 0 Å². The first kappa shape index (κ1) is 21.4. The molecule has 2 atom stereocenters. The van der Waals surface area contributed by atoms with Crippen molar-refractivity contribution in [2.75, 3.05) is 0 Å². The second-order valence-corrected chi connectivity index (χ2v) is 6.86. The quantitative estimate of drug-likeness (QED) is 0.664. The lowest BCUT2D eigenvalue weighted by Gasteiger charge is -2.16. The Morgan fingerprint density at radius 2 is 1.64 bits per heavy atom. The standard InChI is InChI=1S/C21H23ClN2O4/c1-14(24-21(27)17-6-4-3-5-7-17)12-19(25)28-15(2)20(26)23-13-16-8-10-18(22)11-9-16/h3-11,14-15H,12-13H2,1-2H3,(H,23,26)(H,24,27). The first-order chi connectivity index (χ1) is 13.3. The average Bonchev–Trinajstić information content (AvgIpc) is 2.67. The van der Waals surface area contributed by atoms with Gasteiger partial charge in [0.15, 0.2) is 6.10 Å². The molecule has 28 heavy (non-hydrogen) atoms. The van der Waals surface area contributed by atoms with E-state index in [0.29, 0.717) is 17.1 Å². The van der Waals surface area contributed by atoms with Crippen LogP contribution in [0.5, 0.6) is 0 Å². The number of esters is 1. The van der Waals surface area contributed by atoms with Gasteiger partial charge >= 0.3 is 5.97 Å². The van der Waals surface area contributed by atoms with E-state index in [2.05, 4.69) is 10.6 Å². The molecule has 0 aliphatic heterocycles. The highest BCUT2D eigenvalue weighted by molar-refractivity contribution is 6.30. The normalized spacial score (nSPS) is 12.5. The zero-order chi connectivity index (χ0) is 20.5. The SMILES string of the molecule is CC(CC(=O)OC(C)C(=O)NCc1ccc(Cl)cc1)NC(=O)c1ccccc1. The molecule has 2 aromatic carbocycles. The van der Waals surface area contributed by atoms with E-state index in [1.807, 2.05) is 6.07 Å². The van der Waals surface area contributed by atoms with E-state index in [1.165, 1.54) is 6.92 Å². The molecule has 0 bridgehead atoms. The maximum absolute atomic E-state index is 12.1. The zero-order valence-electron chi connectivity index (χ0n) is 15.8. The van der Waals surface area contributed by atoms with Crippen LogP contribution in [0.1, 0.15) is 36.2 Å². The summed E-state index contributed by atoms with van der Waals surface area (Å²) in [6, 6.07) is 15.4. The van der Waals surface area contributed by atoms with Crippen molar-refractivity contribution in [3.05, 3.63) is 70.7 Å². The minimum absolute atomic E-state index is 0.0343. The van der Waals surface area contributed by atoms with Gasteiger partial charge in [0.25, 0.3) is 11.8 Å². The van der Waals surface area contributed by atoms with Crippen molar-refractivity contribution in [3.63, 3.8) is 0 Å². The van der Waals surface area contributed by atoms with Crippen molar-refractivity contribution < 1.29 is 19.1 Å². The molecule has 0 radical (unpaired) electrons. The maximum Gasteiger partial charge on any atom is 0.308 e. The summed E-state index contributed by atoms with van der Waals surface area (Å²) in [4.78, 5) is 36.2. The van der Waals surface area contributed by atoms with Crippen LogP contribution in [-0.4, -0.2) is 29.9 Å². The van der Waals surface area contributed by atoms with Crippen LogP contribution in [-0.2, 0) is 20.9 Å². The van der Waals surface area contributed by atoms with Crippen LogP contribution < -0.4 is 10.6 Å². The summed E-state index contributed by atoms with van der Waals surface area (Å²) in [6.45, 7) is 3.51. The van der Waals surface area contributed by atoms with E-state index in [0.717, 1.165) is 5.56 Å². The highest BCUT2D eigenvalue weighted by atomic mass is 35.5. The molecule has 148 valence electrons. The summed E-state index contributed by atoms with van der Waals surface area (Å²) in [5.41, 5.74) is 1.39. The lowest BCUT2D eigenvalue weighted by Crippen LogP contribution is -2.38. The Kier molecular flexibility index (Phi) is 8.02. The molecule has 2 rings (SSSR count). The van der Waals surface area contributed by atoms with Crippen molar-refractivity contribution in [1.82, 2.24) is 10.6 Å². The van der Waals surface area contributed by atoms with Gasteiger partial charge in [-0.25, -0.2) is 0 Å². The molecule has 2 aromatic rings. The fourth-order valence-electron chi connectivity index (χ4n) is 2.43. The lowest BCUT2D eigenvalue weighted by molar-refractivity contribution is -0.155. The first-order valence-corrected chi connectivity index (χ1v) is 9.30. The van der Waals surface area contributed by atoms with Crippen LogP contribution >= 0.6 is 11.6 Å². The molecule has 0 aromatic heterocycles. The number of halogens is 1. The van der Waals surface area contributed by atoms with Gasteiger partial charge in [-0.2, -0.15) is 0 Å². The highest BCUT2D eigenvalue weighted by Gasteiger charge is 2.20. The number of carbonyl (C=O) groups is 3. The Balaban J connectivity index is 1.74. The van der Waals surface area contributed by atoms with Crippen LogP contribution in [0.25, 0.3) is 0 Å². The predicted molar refractivity (Wildman–Crippen MR) is 107 cm³/mol. The first-order valence-electron chi connectivity index (χ1n) is 8.92. The Morgan fingerprint density at radius 3 is 2.29 bits per heavy atom. The Morgan fingerprint density at radius 1 is 1.00 bits per heavy atom. The van der Waals surface area contributed by atoms with Gasteiger partial charge in [0.1, 0.15) is 0 Å². The van der Waals surface area contributed by atoms with Crippen LogP contribution in [0.15, 0.2) is 54.6 Å². The third kappa shape index (κ3) is 7.04. The summed E-state index contributed by atoms with van der Waals surface area (Å²) in [5, 5.41) is 6.05. The zero-order valence-corrected chi connectivity index (χ0v) is 16.5. The van der Waals surface area contributed by atoms with E-state index in [9.17, 15) is 14.4 Å². The Labute approximate surface area is 169 Å². The molecular weight excluding hydrogens is 380 g/mol. The monoisotopic (exact) mass is 402 g/mol. The lowest BCUT2D eigenvalue weighted by atomic mass is 10.2. The van der Waals surface area contributed by atoms with E-state index in [1.54, 1.807) is 55.5 Å².